The molecule has 1 atom stereocenters. The van der Waals surface area contributed by atoms with Crippen molar-refractivity contribution in [2.75, 3.05) is 19.6 Å². The van der Waals surface area contributed by atoms with E-state index in [0.29, 0.717) is 0 Å². The van der Waals surface area contributed by atoms with Crippen LogP contribution in [0.5, 0.6) is 0 Å². The molecule has 3 nitrogen and oxygen atoms in total. The average Bonchev–Trinajstić information content (AvgIpc) is 3.46. The summed E-state index contributed by atoms with van der Waals surface area (Å²) in [6.07, 6.45) is 2.61. The maximum absolute atomic E-state index is 13.1. The summed E-state index contributed by atoms with van der Waals surface area (Å²) in [4.78, 5) is 17.7. The lowest BCUT2D eigenvalue weighted by atomic mass is 10.0. The fourth-order valence-electron chi connectivity index (χ4n) is 3.57. The minimum atomic E-state index is 0.126. The summed E-state index contributed by atoms with van der Waals surface area (Å²) in [7, 11) is 0. The number of hydrogen-bond acceptors (Lipinski definition) is 2. The molecule has 0 radical (unpaired) electrons. The van der Waals surface area contributed by atoms with Crippen molar-refractivity contribution in [3.63, 3.8) is 0 Å². The first-order valence-electron chi connectivity index (χ1n) is 8.58. The Bertz CT molecular complexity index is 729. The van der Waals surface area contributed by atoms with Crippen LogP contribution in [0.25, 0.3) is 0 Å². The third-order valence-electron chi connectivity index (χ3n) is 4.99. The third-order valence-corrected chi connectivity index (χ3v) is 5.49. The largest absolute Gasteiger partial charge is 0.329 e. The highest BCUT2D eigenvalue weighted by atomic mass is 79.9. The molecule has 24 heavy (non-hydrogen) atoms. The SMILES string of the molecule is O=C(c1cccc(Br)c1)N1CCN(C2CC2)CC1c1ccccc1. The number of nitrogens with zero attached hydrogens (tertiary/aromatic N) is 2. The summed E-state index contributed by atoms with van der Waals surface area (Å²) < 4.78 is 0.946. The average molecular weight is 385 g/mol. The number of carbonyl (C=O) groups excluding carboxylic acids is 1. The van der Waals surface area contributed by atoms with Crippen molar-refractivity contribution < 1.29 is 4.79 Å². The van der Waals surface area contributed by atoms with Gasteiger partial charge in [0.1, 0.15) is 0 Å². The summed E-state index contributed by atoms with van der Waals surface area (Å²) in [5, 5.41) is 0. The molecule has 1 aliphatic carbocycles. The molecule has 1 saturated carbocycles. The van der Waals surface area contributed by atoms with E-state index in [9.17, 15) is 4.79 Å². The quantitative estimate of drug-likeness (QED) is 0.794. The first-order valence-corrected chi connectivity index (χ1v) is 9.37. The van der Waals surface area contributed by atoms with E-state index in [-0.39, 0.29) is 11.9 Å². The van der Waals surface area contributed by atoms with Crippen molar-refractivity contribution in [3.05, 3.63) is 70.2 Å². The van der Waals surface area contributed by atoms with Gasteiger partial charge in [-0.2, -0.15) is 0 Å². The molecule has 4 heteroatoms. The van der Waals surface area contributed by atoms with Gasteiger partial charge in [0.2, 0.25) is 0 Å². The van der Waals surface area contributed by atoms with Crippen LogP contribution in [0.4, 0.5) is 0 Å². The Balaban J connectivity index is 1.63. The number of carbonyl (C=O) groups is 1. The molecule has 2 aliphatic rings. The molecule has 124 valence electrons. The van der Waals surface area contributed by atoms with Gasteiger partial charge in [0.05, 0.1) is 6.04 Å². The summed E-state index contributed by atoms with van der Waals surface area (Å²) in [5.74, 6) is 0.126. The minimum absolute atomic E-state index is 0.126. The molecule has 4 rings (SSSR count). The number of amides is 1. The van der Waals surface area contributed by atoms with Gasteiger partial charge < -0.3 is 4.90 Å². The molecular weight excluding hydrogens is 364 g/mol. The monoisotopic (exact) mass is 384 g/mol. The topological polar surface area (TPSA) is 23.6 Å². The fourth-order valence-corrected chi connectivity index (χ4v) is 3.97. The lowest BCUT2D eigenvalue weighted by Crippen LogP contribution is -2.51. The van der Waals surface area contributed by atoms with E-state index in [4.69, 9.17) is 0 Å². The van der Waals surface area contributed by atoms with E-state index in [1.165, 1.54) is 18.4 Å². The molecule has 0 bridgehead atoms. The Morgan fingerprint density at radius 1 is 1.00 bits per heavy atom. The lowest BCUT2D eigenvalue weighted by Gasteiger charge is -2.42. The number of piperazine rings is 1. The van der Waals surface area contributed by atoms with Gasteiger partial charge >= 0.3 is 0 Å². The van der Waals surface area contributed by atoms with Gasteiger partial charge in [-0.3, -0.25) is 9.69 Å². The molecular formula is C20H21BrN2O. The molecule has 1 heterocycles. The summed E-state index contributed by atoms with van der Waals surface area (Å²) in [6.45, 7) is 2.71. The molecule has 0 spiro atoms. The molecule has 2 fully saturated rings. The van der Waals surface area contributed by atoms with Crippen LogP contribution >= 0.6 is 15.9 Å². The van der Waals surface area contributed by atoms with Gasteiger partial charge in [0.15, 0.2) is 0 Å². The van der Waals surface area contributed by atoms with E-state index < -0.39 is 0 Å². The first kappa shape index (κ1) is 15.9. The van der Waals surface area contributed by atoms with Crippen molar-refractivity contribution in [1.82, 2.24) is 9.80 Å². The summed E-state index contributed by atoms with van der Waals surface area (Å²) >= 11 is 3.47. The fraction of sp³-hybridized carbons (Fsp3) is 0.350. The van der Waals surface area contributed by atoms with Gasteiger partial charge in [-0.25, -0.2) is 0 Å². The molecule has 1 unspecified atom stereocenters. The van der Waals surface area contributed by atoms with Crippen LogP contribution in [0.2, 0.25) is 0 Å². The van der Waals surface area contributed by atoms with E-state index in [1.807, 2.05) is 30.3 Å². The van der Waals surface area contributed by atoms with Crippen LogP contribution in [0, 0.1) is 0 Å². The Hall–Kier alpha value is -1.65. The highest BCUT2D eigenvalue weighted by molar-refractivity contribution is 9.10. The molecule has 2 aromatic carbocycles. The molecule has 0 N–H and O–H groups in total. The normalized spacial score (nSPS) is 21.7. The zero-order valence-corrected chi connectivity index (χ0v) is 15.2. The molecule has 1 aliphatic heterocycles. The maximum atomic E-state index is 13.1. The minimum Gasteiger partial charge on any atom is -0.329 e. The summed E-state index contributed by atoms with van der Waals surface area (Å²) in [6, 6.07) is 19.0. The van der Waals surface area contributed by atoms with Gasteiger partial charge in [0.25, 0.3) is 5.91 Å². The van der Waals surface area contributed by atoms with E-state index >= 15 is 0 Å². The number of halogens is 1. The van der Waals surface area contributed by atoms with Crippen LogP contribution in [0.1, 0.15) is 34.8 Å². The molecule has 0 aromatic heterocycles. The van der Waals surface area contributed by atoms with Crippen LogP contribution in [0.15, 0.2) is 59.1 Å². The standard InChI is InChI=1S/C20H21BrN2O/c21-17-8-4-7-16(13-17)20(24)23-12-11-22(18-9-10-18)14-19(23)15-5-2-1-3-6-15/h1-8,13,18-19H,9-12,14H2. The van der Waals surface area contributed by atoms with E-state index in [2.05, 4.69) is 50.0 Å². The van der Waals surface area contributed by atoms with Crippen LogP contribution in [-0.2, 0) is 0 Å². The van der Waals surface area contributed by atoms with Gasteiger partial charge in [-0.1, -0.05) is 52.3 Å². The van der Waals surface area contributed by atoms with Crippen LogP contribution in [0.3, 0.4) is 0 Å². The van der Waals surface area contributed by atoms with Crippen molar-refractivity contribution in [1.29, 1.82) is 0 Å². The highest BCUT2D eigenvalue weighted by Gasteiger charge is 2.37. The van der Waals surface area contributed by atoms with Crippen LogP contribution in [-0.4, -0.2) is 41.4 Å². The van der Waals surface area contributed by atoms with Gasteiger partial charge in [0, 0.05) is 35.7 Å². The first-order chi connectivity index (χ1) is 11.7. The Labute approximate surface area is 151 Å². The number of benzene rings is 2. The smallest absolute Gasteiger partial charge is 0.254 e. The van der Waals surface area contributed by atoms with Crippen molar-refractivity contribution in [3.8, 4) is 0 Å². The molecule has 1 amide bonds. The third kappa shape index (κ3) is 3.26. The van der Waals surface area contributed by atoms with Gasteiger partial charge in [-0.05, 0) is 36.6 Å². The van der Waals surface area contributed by atoms with E-state index in [1.54, 1.807) is 0 Å². The zero-order chi connectivity index (χ0) is 16.5. The zero-order valence-electron chi connectivity index (χ0n) is 13.6. The van der Waals surface area contributed by atoms with Crippen molar-refractivity contribution >= 4 is 21.8 Å². The second kappa shape index (κ2) is 6.69. The van der Waals surface area contributed by atoms with Crippen molar-refractivity contribution in [2.24, 2.45) is 0 Å². The molecule has 1 saturated heterocycles. The summed E-state index contributed by atoms with van der Waals surface area (Å²) in [5.41, 5.74) is 1.98. The lowest BCUT2D eigenvalue weighted by molar-refractivity contribution is 0.0433. The predicted octanol–water partition coefficient (Wildman–Crippen LogP) is 4.11. The second-order valence-corrected chi connectivity index (χ2v) is 7.58. The molecule has 2 aromatic rings. The predicted molar refractivity (Wildman–Crippen MR) is 99.0 cm³/mol. The van der Waals surface area contributed by atoms with Crippen LogP contribution < -0.4 is 0 Å². The Kier molecular flexibility index (Phi) is 4.42. The second-order valence-electron chi connectivity index (χ2n) is 6.66. The Morgan fingerprint density at radius 3 is 2.50 bits per heavy atom. The van der Waals surface area contributed by atoms with E-state index in [0.717, 1.165) is 35.7 Å². The Morgan fingerprint density at radius 2 is 1.79 bits per heavy atom. The highest BCUT2D eigenvalue weighted by Crippen LogP contribution is 2.34. The number of rotatable bonds is 3. The number of hydrogen-bond donors (Lipinski definition) is 0. The van der Waals surface area contributed by atoms with Crippen molar-refractivity contribution in [2.45, 2.75) is 24.9 Å². The van der Waals surface area contributed by atoms with Gasteiger partial charge in [-0.15, -0.1) is 0 Å². The maximum Gasteiger partial charge on any atom is 0.254 e.